The maximum atomic E-state index is 11.9. The van der Waals surface area contributed by atoms with Crippen molar-refractivity contribution in [1.82, 2.24) is 5.32 Å². The normalized spacial score (nSPS) is 10.5. The Kier molecular flexibility index (Phi) is 5.60. The minimum Gasteiger partial charge on any atom is -0.496 e. The summed E-state index contributed by atoms with van der Waals surface area (Å²) in [6.07, 6.45) is 3.23. The molecular formula is C18H19NO3. The van der Waals surface area contributed by atoms with E-state index in [2.05, 4.69) is 5.32 Å². The summed E-state index contributed by atoms with van der Waals surface area (Å²) in [4.78, 5) is 11.9. The van der Waals surface area contributed by atoms with Crippen molar-refractivity contribution in [3.63, 3.8) is 0 Å². The summed E-state index contributed by atoms with van der Waals surface area (Å²) in [7, 11) is 3.22. The van der Waals surface area contributed by atoms with Crippen molar-refractivity contribution in [2.75, 3.05) is 14.2 Å². The molecule has 114 valence electrons. The molecule has 0 aliphatic heterocycles. The van der Waals surface area contributed by atoms with Gasteiger partial charge in [0.05, 0.1) is 14.2 Å². The third kappa shape index (κ3) is 4.12. The number of para-hydroxylation sites is 2. The smallest absolute Gasteiger partial charge is 0.244 e. The molecular weight excluding hydrogens is 278 g/mol. The van der Waals surface area contributed by atoms with Crippen LogP contribution in [0.2, 0.25) is 0 Å². The van der Waals surface area contributed by atoms with E-state index in [-0.39, 0.29) is 5.91 Å². The lowest BCUT2D eigenvalue weighted by Crippen LogP contribution is -2.20. The van der Waals surface area contributed by atoms with E-state index in [1.807, 2.05) is 48.5 Å². The minimum absolute atomic E-state index is 0.170. The molecule has 0 spiro atoms. The molecule has 2 aromatic rings. The second-order valence-corrected chi connectivity index (χ2v) is 4.60. The Morgan fingerprint density at radius 1 is 1.00 bits per heavy atom. The largest absolute Gasteiger partial charge is 0.496 e. The topological polar surface area (TPSA) is 47.6 Å². The van der Waals surface area contributed by atoms with Gasteiger partial charge >= 0.3 is 0 Å². The van der Waals surface area contributed by atoms with Crippen LogP contribution in [0.4, 0.5) is 0 Å². The summed E-state index contributed by atoms with van der Waals surface area (Å²) in [5, 5.41) is 2.83. The quantitative estimate of drug-likeness (QED) is 0.834. The van der Waals surface area contributed by atoms with E-state index in [1.54, 1.807) is 20.3 Å². The summed E-state index contributed by atoms with van der Waals surface area (Å²) in [6, 6.07) is 15.1. The van der Waals surface area contributed by atoms with Crippen molar-refractivity contribution in [3.8, 4) is 11.5 Å². The van der Waals surface area contributed by atoms with Crippen molar-refractivity contribution in [2.45, 2.75) is 6.54 Å². The molecule has 0 fully saturated rings. The van der Waals surface area contributed by atoms with Crippen LogP contribution in [0.1, 0.15) is 11.1 Å². The van der Waals surface area contributed by atoms with E-state index in [9.17, 15) is 4.79 Å². The molecule has 0 atom stereocenters. The predicted molar refractivity (Wildman–Crippen MR) is 86.9 cm³/mol. The lowest BCUT2D eigenvalue weighted by Gasteiger charge is -2.08. The first kappa shape index (κ1) is 15.6. The first-order valence-electron chi connectivity index (χ1n) is 6.95. The van der Waals surface area contributed by atoms with Crippen molar-refractivity contribution in [2.24, 2.45) is 0 Å². The maximum Gasteiger partial charge on any atom is 0.244 e. The monoisotopic (exact) mass is 297 g/mol. The fourth-order valence-electron chi connectivity index (χ4n) is 2.06. The highest BCUT2D eigenvalue weighted by Gasteiger charge is 2.03. The molecule has 0 radical (unpaired) electrons. The first-order chi connectivity index (χ1) is 10.7. The van der Waals surface area contributed by atoms with Gasteiger partial charge in [-0.25, -0.2) is 0 Å². The number of amides is 1. The summed E-state index contributed by atoms with van der Waals surface area (Å²) >= 11 is 0. The predicted octanol–water partition coefficient (Wildman–Crippen LogP) is 3.03. The van der Waals surface area contributed by atoms with Crippen LogP contribution in [0, 0.1) is 0 Å². The number of nitrogens with one attached hydrogen (secondary N) is 1. The molecule has 4 nitrogen and oxygen atoms in total. The van der Waals surface area contributed by atoms with Crippen LogP contribution in [-0.2, 0) is 11.3 Å². The highest BCUT2D eigenvalue weighted by Crippen LogP contribution is 2.19. The zero-order valence-corrected chi connectivity index (χ0v) is 12.7. The van der Waals surface area contributed by atoms with Crippen molar-refractivity contribution in [1.29, 1.82) is 0 Å². The van der Waals surface area contributed by atoms with Gasteiger partial charge in [-0.05, 0) is 18.2 Å². The molecule has 0 aromatic heterocycles. The standard InChI is InChI=1S/C18H19NO3/c1-21-16-9-5-3-7-14(16)11-12-18(20)19-13-15-8-4-6-10-17(15)22-2/h3-12H,13H2,1-2H3,(H,19,20). The third-order valence-corrected chi connectivity index (χ3v) is 3.20. The fraction of sp³-hybridized carbons (Fsp3) is 0.167. The number of benzene rings is 2. The van der Waals surface area contributed by atoms with Crippen molar-refractivity contribution >= 4 is 12.0 Å². The van der Waals surface area contributed by atoms with E-state index in [0.29, 0.717) is 6.54 Å². The van der Waals surface area contributed by atoms with Crippen molar-refractivity contribution < 1.29 is 14.3 Å². The summed E-state index contributed by atoms with van der Waals surface area (Å²) in [5.74, 6) is 1.32. The van der Waals surface area contributed by atoms with Gasteiger partial charge in [-0.2, -0.15) is 0 Å². The molecule has 0 bridgehead atoms. The van der Waals surface area contributed by atoms with E-state index >= 15 is 0 Å². The van der Waals surface area contributed by atoms with E-state index in [4.69, 9.17) is 9.47 Å². The molecule has 0 heterocycles. The third-order valence-electron chi connectivity index (χ3n) is 3.20. The summed E-state index contributed by atoms with van der Waals surface area (Å²) < 4.78 is 10.5. The Hall–Kier alpha value is -2.75. The van der Waals surface area contributed by atoms with Gasteiger partial charge in [0.25, 0.3) is 0 Å². The number of rotatable bonds is 6. The Bertz CT molecular complexity index is 665. The van der Waals surface area contributed by atoms with Crippen LogP contribution >= 0.6 is 0 Å². The molecule has 22 heavy (non-hydrogen) atoms. The van der Waals surface area contributed by atoms with E-state index in [1.165, 1.54) is 6.08 Å². The van der Waals surface area contributed by atoms with Crippen molar-refractivity contribution in [3.05, 3.63) is 65.7 Å². The molecule has 0 aliphatic carbocycles. The number of carbonyl (C=O) groups excluding carboxylic acids is 1. The van der Waals surface area contributed by atoms with Gasteiger partial charge in [-0.15, -0.1) is 0 Å². The molecule has 1 amide bonds. The van der Waals surface area contributed by atoms with Gasteiger partial charge in [0.15, 0.2) is 0 Å². The van der Waals surface area contributed by atoms with Crippen LogP contribution in [0.3, 0.4) is 0 Å². The lowest BCUT2D eigenvalue weighted by molar-refractivity contribution is -0.116. The highest BCUT2D eigenvalue weighted by molar-refractivity contribution is 5.92. The average Bonchev–Trinajstić information content (AvgIpc) is 2.58. The molecule has 2 rings (SSSR count). The maximum absolute atomic E-state index is 11.9. The van der Waals surface area contributed by atoms with Gasteiger partial charge in [0, 0.05) is 23.7 Å². The number of ether oxygens (including phenoxy) is 2. The lowest BCUT2D eigenvalue weighted by atomic mass is 10.2. The Labute approximate surface area is 130 Å². The Morgan fingerprint density at radius 3 is 2.36 bits per heavy atom. The van der Waals surface area contributed by atoms with Crippen LogP contribution < -0.4 is 14.8 Å². The van der Waals surface area contributed by atoms with Gasteiger partial charge < -0.3 is 14.8 Å². The van der Waals surface area contributed by atoms with Crippen LogP contribution in [-0.4, -0.2) is 20.1 Å². The zero-order chi connectivity index (χ0) is 15.8. The van der Waals surface area contributed by atoms with Crippen LogP contribution in [0.15, 0.2) is 54.6 Å². The highest BCUT2D eigenvalue weighted by atomic mass is 16.5. The second kappa shape index (κ2) is 7.88. The molecule has 0 aliphatic rings. The van der Waals surface area contributed by atoms with Gasteiger partial charge in [-0.1, -0.05) is 36.4 Å². The molecule has 1 N–H and O–H groups in total. The van der Waals surface area contributed by atoms with Gasteiger partial charge in [0.1, 0.15) is 11.5 Å². The second-order valence-electron chi connectivity index (χ2n) is 4.60. The first-order valence-corrected chi connectivity index (χ1v) is 6.95. The Balaban J connectivity index is 1.97. The molecule has 0 saturated heterocycles. The molecule has 4 heteroatoms. The average molecular weight is 297 g/mol. The number of methoxy groups -OCH3 is 2. The Morgan fingerprint density at radius 2 is 1.64 bits per heavy atom. The zero-order valence-electron chi connectivity index (χ0n) is 12.7. The summed E-state index contributed by atoms with van der Waals surface area (Å²) in [5.41, 5.74) is 1.79. The summed E-state index contributed by atoms with van der Waals surface area (Å²) in [6.45, 7) is 0.416. The van der Waals surface area contributed by atoms with E-state index < -0.39 is 0 Å². The number of hydrogen-bond donors (Lipinski definition) is 1. The van der Waals surface area contributed by atoms with Crippen LogP contribution in [0.5, 0.6) is 11.5 Å². The number of carbonyl (C=O) groups is 1. The van der Waals surface area contributed by atoms with Gasteiger partial charge in [-0.3, -0.25) is 4.79 Å². The fourth-order valence-corrected chi connectivity index (χ4v) is 2.06. The molecule has 0 unspecified atom stereocenters. The van der Waals surface area contributed by atoms with Gasteiger partial charge in [0.2, 0.25) is 5.91 Å². The van der Waals surface area contributed by atoms with E-state index in [0.717, 1.165) is 22.6 Å². The minimum atomic E-state index is -0.170. The SMILES string of the molecule is COc1ccccc1C=CC(=O)NCc1ccccc1OC. The van der Waals surface area contributed by atoms with Crippen LogP contribution in [0.25, 0.3) is 6.08 Å². The molecule has 0 saturated carbocycles. The molecule has 2 aromatic carbocycles. The number of hydrogen-bond acceptors (Lipinski definition) is 3.